The number of piperidine rings is 1. The number of rotatable bonds is 6. The van der Waals surface area contributed by atoms with Crippen LogP contribution in [0.5, 0.6) is 0 Å². The van der Waals surface area contributed by atoms with Crippen LogP contribution in [-0.2, 0) is 4.79 Å². The number of nitrogens with one attached hydrogen (secondary N) is 2. The first-order chi connectivity index (χ1) is 16.7. The summed E-state index contributed by atoms with van der Waals surface area (Å²) >= 11 is 0. The van der Waals surface area contributed by atoms with Crippen LogP contribution in [0.4, 0.5) is 24.5 Å². The molecule has 186 valence electrons. The van der Waals surface area contributed by atoms with Crippen molar-refractivity contribution >= 4 is 29.1 Å². The lowest BCUT2D eigenvalue weighted by molar-refractivity contribution is -0.148. The highest BCUT2D eigenvalue weighted by atomic mass is 19.4. The van der Waals surface area contributed by atoms with Gasteiger partial charge in [-0.05, 0) is 49.6 Å². The zero-order valence-electron chi connectivity index (χ0n) is 19.1. The first kappa shape index (κ1) is 24.7. The summed E-state index contributed by atoms with van der Waals surface area (Å²) in [6.45, 7) is 0.162. The summed E-state index contributed by atoms with van der Waals surface area (Å²) in [6, 6.07) is 13.1. The average molecular weight is 489 g/mol. The molecule has 35 heavy (non-hydrogen) atoms. The normalized spacial score (nSPS) is 17.5. The van der Waals surface area contributed by atoms with E-state index in [1.807, 2.05) is 0 Å². The number of hydrogen-bond acceptors (Lipinski definition) is 4. The molecule has 0 radical (unpaired) electrons. The van der Waals surface area contributed by atoms with Crippen LogP contribution in [0.3, 0.4) is 0 Å². The molecule has 2 saturated heterocycles. The maximum Gasteiger partial charge on any atom is 0.401 e. The van der Waals surface area contributed by atoms with Crippen molar-refractivity contribution in [2.75, 3.05) is 36.4 Å². The number of nitrogens with zero attached hydrogens (tertiary/aromatic N) is 2. The molecule has 4 rings (SSSR count). The predicted octanol–water partition coefficient (Wildman–Crippen LogP) is 3.82. The first-order valence-corrected chi connectivity index (χ1v) is 11.6. The molecule has 2 aliphatic rings. The summed E-state index contributed by atoms with van der Waals surface area (Å²) in [7, 11) is 0. The van der Waals surface area contributed by atoms with E-state index >= 15 is 0 Å². The van der Waals surface area contributed by atoms with E-state index in [1.165, 1.54) is 4.90 Å². The molecule has 2 heterocycles. The highest BCUT2D eigenvalue weighted by Gasteiger charge is 2.33. The van der Waals surface area contributed by atoms with Crippen LogP contribution in [0.1, 0.15) is 46.4 Å². The van der Waals surface area contributed by atoms with Gasteiger partial charge in [0, 0.05) is 43.3 Å². The summed E-state index contributed by atoms with van der Waals surface area (Å²) in [5.74, 6) is -0.792. The lowest BCUT2D eigenvalue weighted by Gasteiger charge is -2.32. The van der Waals surface area contributed by atoms with Gasteiger partial charge in [0.15, 0.2) is 0 Å². The number of likely N-dealkylation sites (tertiary alicyclic amines) is 1. The number of alkyl halides is 3. The number of halogens is 3. The quantitative estimate of drug-likeness (QED) is 0.648. The zero-order valence-corrected chi connectivity index (χ0v) is 19.1. The minimum absolute atomic E-state index is 0.0221. The van der Waals surface area contributed by atoms with Crippen molar-refractivity contribution in [2.45, 2.75) is 37.9 Å². The number of hydrogen-bond donors (Lipinski definition) is 2. The van der Waals surface area contributed by atoms with Gasteiger partial charge >= 0.3 is 6.18 Å². The molecule has 10 heteroatoms. The first-order valence-electron chi connectivity index (χ1n) is 11.6. The molecule has 0 saturated carbocycles. The largest absolute Gasteiger partial charge is 0.401 e. The summed E-state index contributed by atoms with van der Waals surface area (Å²) in [5.41, 5.74) is 1.61. The van der Waals surface area contributed by atoms with Crippen molar-refractivity contribution in [3.63, 3.8) is 0 Å². The second-order valence-corrected chi connectivity index (χ2v) is 8.84. The Morgan fingerprint density at radius 3 is 2.40 bits per heavy atom. The van der Waals surface area contributed by atoms with Crippen molar-refractivity contribution in [2.24, 2.45) is 0 Å². The van der Waals surface area contributed by atoms with Gasteiger partial charge in [-0.2, -0.15) is 13.2 Å². The third kappa shape index (κ3) is 6.39. The molecular weight excluding hydrogens is 461 g/mol. The minimum atomic E-state index is -4.24. The third-order valence-corrected chi connectivity index (χ3v) is 6.24. The van der Waals surface area contributed by atoms with Crippen LogP contribution in [0.15, 0.2) is 48.5 Å². The van der Waals surface area contributed by atoms with E-state index in [9.17, 15) is 27.6 Å². The standard InChI is InChI=1S/C25H27F3N4O3/c26-25(27,28)16-31-13-10-18(11-14-31)29-24(35)20-7-1-2-8-21(20)30-23(34)17-5-3-6-19(15-17)32-12-4-9-22(32)33/h1-3,5-8,15,18H,4,9-14,16H2,(H,29,35)(H,30,34). The molecule has 0 aliphatic carbocycles. The van der Waals surface area contributed by atoms with E-state index in [2.05, 4.69) is 10.6 Å². The van der Waals surface area contributed by atoms with E-state index in [0.29, 0.717) is 42.7 Å². The Morgan fingerprint density at radius 2 is 1.71 bits per heavy atom. The fourth-order valence-electron chi connectivity index (χ4n) is 4.47. The van der Waals surface area contributed by atoms with Crippen molar-refractivity contribution < 1.29 is 27.6 Å². The van der Waals surface area contributed by atoms with Crippen LogP contribution < -0.4 is 15.5 Å². The van der Waals surface area contributed by atoms with Crippen molar-refractivity contribution in [3.05, 3.63) is 59.7 Å². The smallest absolute Gasteiger partial charge is 0.349 e. The SMILES string of the molecule is O=C(Nc1ccccc1C(=O)NC1CCN(CC(F)(F)F)CC1)c1cccc(N2CCCC2=O)c1. The van der Waals surface area contributed by atoms with Gasteiger partial charge in [-0.25, -0.2) is 0 Å². The number of carbonyl (C=O) groups excluding carboxylic acids is 3. The van der Waals surface area contributed by atoms with E-state index in [-0.39, 0.29) is 30.6 Å². The number of para-hydroxylation sites is 1. The molecule has 0 aromatic heterocycles. The Morgan fingerprint density at radius 1 is 0.971 bits per heavy atom. The van der Waals surface area contributed by atoms with Gasteiger partial charge in [0.1, 0.15) is 0 Å². The maximum atomic E-state index is 12.9. The number of carbonyl (C=O) groups is 3. The fraction of sp³-hybridized carbons (Fsp3) is 0.400. The molecule has 0 unspecified atom stereocenters. The van der Waals surface area contributed by atoms with E-state index in [0.717, 1.165) is 6.42 Å². The molecule has 2 aliphatic heterocycles. The van der Waals surface area contributed by atoms with Crippen LogP contribution >= 0.6 is 0 Å². The van der Waals surface area contributed by atoms with Crippen LogP contribution in [-0.4, -0.2) is 61.0 Å². The van der Waals surface area contributed by atoms with Crippen molar-refractivity contribution in [1.29, 1.82) is 0 Å². The second kappa shape index (κ2) is 10.5. The summed E-state index contributed by atoms with van der Waals surface area (Å²) in [6.07, 6.45) is -2.15. The van der Waals surface area contributed by atoms with Crippen LogP contribution in [0.25, 0.3) is 0 Å². The number of benzene rings is 2. The van der Waals surface area contributed by atoms with Crippen LogP contribution in [0.2, 0.25) is 0 Å². The molecule has 0 spiro atoms. The molecule has 3 amide bonds. The molecule has 2 N–H and O–H groups in total. The number of amides is 3. The molecule has 2 fully saturated rings. The zero-order chi connectivity index (χ0) is 25.0. The van der Waals surface area contributed by atoms with Gasteiger partial charge < -0.3 is 15.5 Å². The van der Waals surface area contributed by atoms with Gasteiger partial charge in [-0.15, -0.1) is 0 Å². The van der Waals surface area contributed by atoms with Crippen molar-refractivity contribution in [1.82, 2.24) is 10.2 Å². The fourth-order valence-corrected chi connectivity index (χ4v) is 4.47. The molecule has 7 nitrogen and oxygen atoms in total. The summed E-state index contributed by atoms with van der Waals surface area (Å²) in [5, 5.41) is 5.65. The van der Waals surface area contributed by atoms with Crippen molar-refractivity contribution in [3.8, 4) is 0 Å². The van der Waals surface area contributed by atoms with Gasteiger partial charge in [0.05, 0.1) is 17.8 Å². The topological polar surface area (TPSA) is 81.8 Å². The highest BCUT2D eigenvalue weighted by molar-refractivity contribution is 6.09. The summed E-state index contributed by atoms with van der Waals surface area (Å²) < 4.78 is 37.8. The van der Waals surface area contributed by atoms with Gasteiger partial charge in [0.25, 0.3) is 11.8 Å². The third-order valence-electron chi connectivity index (χ3n) is 6.24. The maximum absolute atomic E-state index is 12.9. The molecule has 2 aromatic carbocycles. The van der Waals surface area contributed by atoms with Gasteiger partial charge in [-0.3, -0.25) is 19.3 Å². The lowest BCUT2D eigenvalue weighted by Crippen LogP contribution is -2.47. The molecule has 2 aromatic rings. The van der Waals surface area contributed by atoms with Gasteiger partial charge in [0.2, 0.25) is 5.91 Å². The second-order valence-electron chi connectivity index (χ2n) is 8.84. The lowest BCUT2D eigenvalue weighted by atomic mass is 10.0. The summed E-state index contributed by atoms with van der Waals surface area (Å²) in [4.78, 5) is 40.9. The predicted molar refractivity (Wildman–Crippen MR) is 125 cm³/mol. The highest BCUT2D eigenvalue weighted by Crippen LogP contribution is 2.24. The van der Waals surface area contributed by atoms with Gasteiger partial charge in [-0.1, -0.05) is 18.2 Å². The van der Waals surface area contributed by atoms with E-state index in [4.69, 9.17) is 0 Å². The minimum Gasteiger partial charge on any atom is -0.349 e. The molecule has 0 bridgehead atoms. The van der Waals surface area contributed by atoms with Crippen LogP contribution in [0, 0.1) is 0 Å². The monoisotopic (exact) mass is 488 g/mol. The Hall–Kier alpha value is -3.40. The van der Waals surface area contributed by atoms with E-state index in [1.54, 1.807) is 53.4 Å². The molecular formula is C25H27F3N4O3. The Labute approximate surface area is 201 Å². The van der Waals surface area contributed by atoms with E-state index < -0.39 is 24.5 Å². The number of anilines is 2. The molecule has 0 atom stereocenters. The Bertz CT molecular complexity index is 1100. The Balaban J connectivity index is 1.39. The Kier molecular flexibility index (Phi) is 7.39. The average Bonchev–Trinajstić information content (AvgIpc) is 3.25.